The van der Waals surface area contributed by atoms with Crippen LogP contribution in [0.4, 0.5) is 16.2 Å². The SMILES string of the molecule is CC(C)COCCCNC(=O)Nc1ccc2c(c1)NC(=O)[C@@H](C)O2. The molecule has 3 N–H and O–H groups in total. The monoisotopic (exact) mass is 335 g/mol. The maximum atomic E-state index is 11.9. The van der Waals surface area contributed by atoms with Gasteiger partial charge >= 0.3 is 6.03 Å². The van der Waals surface area contributed by atoms with Gasteiger partial charge in [0.15, 0.2) is 6.10 Å². The molecule has 0 radical (unpaired) electrons. The number of urea groups is 1. The van der Waals surface area contributed by atoms with Crippen LogP contribution >= 0.6 is 0 Å². The average Bonchev–Trinajstić information content (AvgIpc) is 2.52. The molecule has 7 nitrogen and oxygen atoms in total. The Morgan fingerprint density at radius 1 is 1.42 bits per heavy atom. The minimum atomic E-state index is -0.516. The molecule has 0 bridgehead atoms. The number of rotatable bonds is 7. The summed E-state index contributed by atoms with van der Waals surface area (Å²) in [5.41, 5.74) is 1.14. The van der Waals surface area contributed by atoms with Crippen molar-refractivity contribution in [2.45, 2.75) is 33.3 Å². The minimum Gasteiger partial charge on any atom is -0.479 e. The Balaban J connectivity index is 1.74. The molecule has 1 atom stereocenters. The van der Waals surface area contributed by atoms with Crippen LogP contribution in [0.5, 0.6) is 5.75 Å². The molecular weight excluding hydrogens is 310 g/mol. The van der Waals surface area contributed by atoms with Crippen molar-refractivity contribution in [3.63, 3.8) is 0 Å². The summed E-state index contributed by atoms with van der Waals surface area (Å²) in [7, 11) is 0. The molecule has 0 saturated carbocycles. The molecule has 1 aliphatic rings. The summed E-state index contributed by atoms with van der Waals surface area (Å²) in [6, 6.07) is 4.83. The summed E-state index contributed by atoms with van der Waals surface area (Å²) in [5, 5.41) is 8.24. The molecule has 0 unspecified atom stereocenters. The molecule has 7 heteroatoms. The molecule has 1 heterocycles. The van der Waals surface area contributed by atoms with Crippen LogP contribution in [0, 0.1) is 5.92 Å². The summed E-state index contributed by atoms with van der Waals surface area (Å²) >= 11 is 0. The van der Waals surface area contributed by atoms with Crippen LogP contribution in [0.15, 0.2) is 18.2 Å². The van der Waals surface area contributed by atoms with Crippen LogP contribution in [0.25, 0.3) is 0 Å². The second kappa shape index (κ2) is 8.54. The number of amides is 3. The highest BCUT2D eigenvalue weighted by atomic mass is 16.5. The van der Waals surface area contributed by atoms with Crippen molar-refractivity contribution in [1.82, 2.24) is 5.32 Å². The number of hydrogen-bond donors (Lipinski definition) is 3. The topological polar surface area (TPSA) is 88.7 Å². The lowest BCUT2D eigenvalue weighted by molar-refractivity contribution is -0.122. The first-order chi connectivity index (χ1) is 11.5. The average molecular weight is 335 g/mol. The lowest BCUT2D eigenvalue weighted by atomic mass is 10.2. The standard InChI is InChI=1S/C17H25N3O4/c1-11(2)10-23-8-4-7-18-17(22)19-13-5-6-15-14(9-13)20-16(21)12(3)24-15/h5-6,9,11-12H,4,7-8,10H2,1-3H3,(H,20,21)(H2,18,19,22)/t12-/m1/s1. The first-order valence-corrected chi connectivity index (χ1v) is 8.20. The molecule has 0 saturated heterocycles. The summed E-state index contributed by atoms with van der Waals surface area (Å²) in [4.78, 5) is 23.5. The Morgan fingerprint density at radius 3 is 2.96 bits per heavy atom. The van der Waals surface area contributed by atoms with E-state index in [0.717, 1.165) is 13.0 Å². The van der Waals surface area contributed by atoms with E-state index < -0.39 is 6.10 Å². The van der Waals surface area contributed by atoms with Gasteiger partial charge in [-0.1, -0.05) is 13.8 Å². The van der Waals surface area contributed by atoms with Gasteiger partial charge in [0, 0.05) is 25.4 Å². The zero-order chi connectivity index (χ0) is 17.5. The Labute approximate surface area is 142 Å². The van der Waals surface area contributed by atoms with Crippen LogP contribution in [-0.2, 0) is 9.53 Å². The van der Waals surface area contributed by atoms with Crippen LogP contribution in [0.2, 0.25) is 0 Å². The maximum Gasteiger partial charge on any atom is 0.319 e. The highest BCUT2D eigenvalue weighted by Gasteiger charge is 2.23. The molecule has 132 valence electrons. The summed E-state index contributed by atoms with van der Waals surface area (Å²) in [6.07, 6.45) is 0.240. The Morgan fingerprint density at radius 2 is 2.21 bits per heavy atom. The van der Waals surface area contributed by atoms with E-state index in [1.54, 1.807) is 25.1 Å². The summed E-state index contributed by atoms with van der Waals surface area (Å²) in [5.74, 6) is 0.901. The lowest BCUT2D eigenvalue weighted by Gasteiger charge is -2.23. The minimum absolute atomic E-state index is 0.203. The van der Waals surface area contributed by atoms with Crippen molar-refractivity contribution >= 4 is 23.3 Å². The largest absolute Gasteiger partial charge is 0.479 e. The van der Waals surface area contributed by atoms with Crippen molar-refractivity contribution in [3.8, 4) is 5.75 Å². The Hall–Kier alpha value is -2.28. The molecule has 3 amide bonds. The predicted octanol–water partition coefficient (Wildman–Crippen LogP) is 2.59. The van der Waals surface area contributed by atoms with Crippen LogP contribution in [-0.4, -0.2) is 37.8 Å². The second-order valence-corrected chi connectivity index (χ2v) is 6.16. The van der Waals surface area contributed by atoms with Gasteiger partial charge in [0.1, 0.15) is 5.75 Å². The van der Waals surface area contributed by atoms with E-state index in [2.05, 4.69) is 29.8 Å². The molecule has 0 fully saturated rings. The van der Waals surface area contributed by atoms with E-state index >= 15 is 0 Å². The molecule has 0 aromatic heterocycles. The van der Waals surface area contributed by atoms with Crippen molar-refractivity contribution in [2.75, 3.05) is 30.4 Å². The first-order valence-electron chi connectivity index (χ1n) is 8.20. The molecular formula is C17H25N3O4. The predicted molar refractivity (Wildman–Crippen MR) is 92.5 cm³/mol. The lowest BCUT2D eigenvalue weighted by Crippen LogP contribution is -2.34. The molecule has 0 spiro atoms. The molecule has 2 rings (SSSR count). The smallest absolute Gasteiger partial charge is 0.319 e. The third-order valence-electron chi connectivity index (χ3n) is 3.37. The van der Waals surface area contributed by atoms with Crippen LogP contribution < -0.4 is 20.7 Å². The number of benzene rings is 1. The number of nitrogens with one attached hydrogen (secondary N) is 3. The number of fused-ring (bicyclic) bond motifs is 1. The zero-order valence-corrected chi connectivity index (χ0v) is 14.3. The van der Waals surface area contributed by atoms with Crippen LogP contribution in [0.1, 0.15) is 27.2 Å². The highest BCUT2D eigenvalue weighted by Crippen LogP contribution is 2.32. The van der Waals surface area contributed by atoms with Crippen molar-refractivity contribution in [2.24, 2.45) is 5.92 Å². The normalized spacial score (nSPS) is 16.2. The van der Waals surface area contributed by atoms with E-state index in [9.17, 15) is 9.59 Å². The number of carbonyl (C=O) groups excluding carboxylic acids is 2. The van der Waals surface area contributed by atoms with Gasteiger partial charge in [0.25, 0.3) is 5.91 Å². The van der Waals surface area contributed by atoms with E-state index in [1.165, 1.54) is 0 Å². The summed E-state index contributed by atoms with van der Waals surface area (Å²) < 4.78 is 10.9. The van der Waals surface area contributed by atoms with Crippen molar-refractivity contribution < 1.29 is 19.1 Å². The number of carbonyl (C=O) groups is 2. The van der Waals surface area contributed by atoms with E-state index in [4.69, 9.17) is 9.47 Å². The fraction of sp³-hybridized carbons (Fsp3) is 0.529. The maximum absolute atomic E-state index is 11.9. The molecule has 0 aliphatic carbocycles. The quantitative estimate of drug-likeness (QED) is 0.668. The zero-order valence-electron chi connectivity index (χ0n) is 14.3. The molecule has 24 heavy (non-hydrogen) atoms. The molecule has 1 aliphatic heterocycles. The second-order valence-electron chi connectivity index (χ2n) is 6.16. The van der Waals surface area contributed by atoms with Gasteiger partial charge in [0.2, 0.25) is 0 Å². The van der Waals surface area contributed by atoms with Gasteiger partial charge in [-0.2, -0.15) is 0 Å². The Kier molecular flexibility index (Phi) is 6.43. The van der Waals surface area contributed by atoms with E-state index in [1.807, 2.05) is 0 Å². The van der Waals surface area contributed by atoms with Crippen molar-refractivity contribution in [1.29, 1.82) is 0 Å². The van der Waals surface area contributed by atoms with E-state index in [-0.39, 0.29) is 11.9 Å². The molecule has 1 aromatic rings. The van der Waals surface area contributed by atoms with Gasteiger partial charge < -0.3 is 25.4 Å². The van der Waals surface area contributed by atoms with Gasteiger partial charge in [0.05, 0.1) is 5.69 Å². The third-order valence-corrected chi connectivity index (χ3v) is 3.37. The van der Waals surface area contributed by atoms with Gasteiger partial charge in [-0.05, 0) is 37.5 Å². The molecule has 1 aromatic carbocycles. The van der Waals surface area contributed by atoms with E-state index in [0.29, 0.717) is 36.2 Å². The van der Waals surface area contributed by atoms with Gasteiger partial charge in [-0.3, -0.25) is 4.79 Å². The fourth-order valence-electron chi connectivity index (χ4n) is 2.16. The fourth-order valence-corrected chi connectivity index (χ4v) is 2.16. The van der Waals surface area contributed by atoms with Gasteiger partial charge in [-0.25, -0.2) is 4.79 Å². The Bertz CT molecular complexity index is 589. The van der Waals surface area contributed by atoms with Crippen LogP contribution in [0.3, 0.4) is 0 Å². The summed E-state index contributed by atoms with van der Waals surface area (Å²) in [6.45, 7) is 7.76. The number of hydrogen-bond acceptors (Lipinski definition) is 4. The first kappa shape index (κ1) is 18.1. The van der Waals surface area contributed by atoms with Gasteiger partial charge in [-0.15, -0.1) is 0 Å². The highest BCUT2D eigenvalue weighted by molar-refractivity contribution is 5.99. The third kappa shape index (κ3) is 5.42. The number of ether oxygens (including phenoxy) is 2. The van der Waals surface area contributed by atoms with Crippen molar-refractivity contribution in [3.05, 3.63) is 18.2 Å². The number of anilines is 2.